The van der Waals surface area contributed by atoms with Crippen LogP contribution in [0.25, 0.3) is 0 Å². The zero-order chi connectivity index (χ0) is 16.1. The van der Waals surface area contributed by atoms with Crippen LogP contribution in [0.3, 0.4) is 0 Å². The lowest BCUT2D eigenvalue weighted by Gasteiger charge is -2.29. The molecule has 1 heterocycles. The Morgan fingerprint density at radius 2 is 2.00 bits per heavy atom. The molecule has 1 N–H and O–H groups in total. The third-order valence-corrected chi connectivity index (χ3v) is 4.01. The van der Waals surface area contributed by atoms with Crippen molar-refractivity contribution in [2.24, 2.45) is 0 Å². The molecule has 0 saturated carbocycles. The second kappa shape index (κ2) is 9.05. The molecular weight excluding hydrogens is 344 g/mol. The maximum absolute atomic E-state index is 13.7. The van der Waals surface area contributed by atoms with E-state index in [-0.39, 0.29) is 47.8 Å². The van der Waals surface area contributed by atoms with Gasteiger partial charge in [-0.1, -0.05) is 17.7 Å². The molecule has 0 bridgehead atoms. The molecule has 1 aliphatic rings. The van der Waals surface area contributed by atoms with Crippen LogP contribution >= 0.6 is 24.0 Å². The zero-order valence-corrected chi connectivity index (χ0v) is 14.4. The molecule has 0 unspecified atom stereocenters. The van der Waals surface area contributed by atoms with Gasteiger partial charge in [-0.25, -0.2) is 4.39 Å². The summed E-state index contributed by atoms with van der Waals surface area (Å²) in [6.45, 7) is 2.79. The van der Waals surface area contributed by atoms with Crippen LogP contribution in [0.5, 0.6) is 0 Å². The number of hydrogen-bond donors (Lipinski definition) is 1. The van der Waals surface area contributed by atoms with E-state index in [1.54, 1.807) is 11.0 Å². The number of carbonyl (C=O) groups is 2. The lowest BCUT2D eigenvalue weighted by Crippen LogP contribution is -2.49. The SMILES string of the molecule is CN(CC(=O)N1CCNCC1)C(=O)Cc1c(F)cccc1Cl.Cl. The number of nitrogens with zero attached hydrogens (tertiary/aromatic N) is 2. The highest BCUT2D eigenvalue weighted by Crippen LogP contribution is 2.19. The van der Waals surface area contributed by atoms with Crippen molar-refractivity contribution >= 4 is 35.8 Å². The average molecular weight is 364 g/mol. The van der Waals surface area contributed by atoms with E-state index in [0.29, 0.717) is 13.1 Å². The van der Waals surface area contributed by atoms with Gasteiger partial charge >= 0.3 is 0 Å². The number of likely N-dealkylation sites (N-methyl/N-ethyl adjacent to an activating group) is 1. The van der Waals surface area contributed by atoms with Crippen molar-refractivity contribution in [3.63, 3.8) is 0 Å². The molecule has 1 saturated heterocycles. The van der Waals surface area contributed by atoms with Gasteiger partial charge in [0.05, 0.1) is 13.0 Å². The first kappa shape index (κ1) is 19.7. The molecule has 1 aromatic rings. The van der Waals surface area contributed by atoms with Gasteiger partial charge in [0.25, 0.3) is 0 Å². The standard InChI is InChI=1S/C15H19ClFN3O2.ClH/c1-19(10-15(22)20-7-5-18-6-8-20)14(21)9-11-12(16)3-2-4-13(11)17;/h2-4,18H,5-10H2,1H3;1H. The molecule has 1 aliphatic heterocycles. The summed E-state index contributed by atoms with van der Waals surface area (Å²) >= 11 is 5.91. The van der Waals surface area contributed by atoms with Crippen molar-refractivity contribution in [3.05, 3.63) is 34.6 Å². The Morgan fingerprint density at radius 1 is 1.35 bits per heavy atom. The largest absolute Gasteiger partial charge is 0.339 e. The fourth-order valence-electron chi connectivity index (χ4n) is 2.29. The summed E-state index contributed by atoms with van der Waals surface area (Å²) in [6, 6.07) is 4.29. The van der Waals surface area contributed by atoms with Crippen molar-refractivity contribution in [3.8, 4) is 0 Å². The quantitative estimate of drug-likeness (QED) is 0.877. The number of benzene rings is 1. The van der Waals surface area contributed by atoms with Crippen LogP contribution in [0.4, 0.5) is 4.39 Å². The van der Waals surface area contributed by atoms with Crippen LogP contribution in [0.15, 0.2) is 18.2 Å². The number of hydrogen-bond acceptors (Lipinski definition) is 3. The minimum Gasteiger partial charge on any atom is -0.339 e. The smallest absolute Gasteiger partial charge is 0.242 e. The van der Waals surface area contributed by atoms with Gasteiger partial charge in [0.15, 0.2) is 0 Å². The van der Waals surface area contributed by atoms with E-state index in [9.17, 15) is 14.0 Å². The molecule has 23 heavy (non-hydrogen) atoms. The summed E-state index contributed by atoms with van der Waals surface area (Å²) in [7, 11) is 1.54. The van der Waals surface area contributed by atoms with Crippen molar-refractivity contribution in [2.45, 2.75) is 6.42 Å². The molecule has 128 valence electrons. The minimum atomic E-state index is -0.511. The molecule has 2 amide bonds. The van der Waals surface area contributed by atoms with Crippen molar-refractivity contribution < 1.29 is 14.0 Å². The molecule has 0 aliphatic carbocycles. The fraction of sp³-hybridized carbons (Fsp3) is 0.467. The molecule has 1 fully saturated rings. The van der Waals surface area contributed by atoms with Crippen LogP contribution < -0.4 is 5.32 Å². The van der Waals surface area contributed by atoms with Crippen LogP contribution in [-0.4, -0.2) is 61.4 Å². The molecule has 2 rings (SSSR count). The highest BCUT2D eigenvalue weighted by atomic mass is 35.5. The Bertz CT molecular complexity index is 545. The van der Waals surface area contributed by atoms with Crippen LogP contribution in [0, 0.1) is 5.82 Å². The van der Waals surface area contributed by atoms with Crippen molar-refractivity contribution in [1.82, 2.24) is 15.1 Å². The molecule has 0 spiro atoms. The fourth-order valence-corrected chi connectivity index (χ4v) is 2.52. The molecular formula is C15H20Cl2FN3O2. The molecule has 0 atom stereocenters. The van der Waals surface area contributed by atoms with E-state index in [2.05, 4.69) is 5.32 Å². The molecule has 8 heteroatoms. The number of nitrogens with one attached hydrogen (secondary N) is 1. The number of piperazine rings is 1. The van der Waals surface area contributed by atoms with E-state index >= 15 is 0 Å². The van der Waals surface area contributed by atoms with E-state index < -0.39 is 5.82 Å². The Morgan fingerprint density at radius 3 is 2.61 bits per heavy atom. The third kappa shape index (κ3) is 5.34. The Kier molecular flexibility index (Phi) is 7.75. The molecule has 0 aromatic heterocycles. The van der Waals surface area contributed by atoms with Gasteiger partial charge in [0, 0.05) is 43.8 Å². The number of rotatable bonds is 4. The van der Waals surface area contributed by atoms with E-state index in [1.807, 2.05) is 0 Å². The van der Waals surface area contributed by atoms with Gasteiger partial charge in [0.2, 0.25) is 11.8 Å². The van der Waals surface area contributed by atoms with E-state index in [4.69, 9.17) is 11.6 Å². The summed E-state index contributed by atoms with van der Waals surface area (Å²) in [5.41, 5.74) is 0.163. The first-order valence-corrected chi connectivity index (χ1v) is 7.52. The van der Waals surface area contributed by atoms with Crippen LogP contribution in [0.2, 0.25) is 5.02 Å². The number of halogens is 3. The molecule has 0 radical (unpaired) electrons. The maximum atomic E-state index is 13.7. The summed E-state index contributed by atoms with van der Waals surface area (Å²) < 4.78 is 13.7. The lowest BCUT2D eigenvalue weighted by molar-refractivity contribution is -0.139. The van der Waals surface area contributed by atoms with Crippen molar-refractivity contribution in [1.29, 1.82) is 0 Å². The second-order valence-corrected chi connectivity index (χ2v) is 5.66. The Labute approximate surface area is 146 Å². The predicted octanol–water partition coefficient (Wildman–Crippen LogP) is 1.33. The first-order chi connectivity index (χ1) is 10.5. The van der Waals surface area contributed by atoms with Crippen LogP contribution in [0.1, 0.15) is 5.56 Å². The second-order valence-electron chi connectivity index (χ2n) is 5.26. The Balaban J connectivity index is 0.00000264. The molecule has 1 aromatic carbocycles. The topological polar surface area (TPSA) is 52.7 Å². The van der Waals surface area contributed by atoms with Gasteiger partial charge in [-0.2, -0.15) is 0 Å². The summed E-state index contributed by atoms with van der Waals surface area (Å²) in [6.07, 6.45) is -0.156. The normalized spacial score (nSPS) is 14.1. The van der Waals surface area contributed by atoms with Crippen LogP contribution in [-0.2, 0) is 16.0 Å². The third-order valence-electron chi connectivity index (χ3n) is 3.66. The monoisotopic (exact) mass is 363 g/mol. The highest BCUT2D eigenvalue weighted by Gasteiger charge is 2.21. The van der Waals surface area contributed by atoms with Crippen molar-refractivity contribution in [2.75, 3.05) is 39.8 Å². The summed E-state index contributed by atoms with van der Waals surface area (Å²) in [5, 5.41) is 3.38. The summed E-state index contributed by atoms with van der Waals surface area (Å²) in [4.78, 5) is 27.3. The number of carbonyl (C=O) groups excluding carboxylic acids is 2. The predicted molar refractivity (Wildman–Crippen MR) is 89.4 cm³/mol. The van der Waals surface area contributed by atoms with E-state index in [1.165, 1.54) is 24.1 Å². The average Bonchev–Trinajstić information content (AvgIpc) is 2.51. The zero-order valence-electron chi connectivity index (χ0n) is 12.8. The van der Waals surface area contributed by atoms with Gasteiger partial charge in [0.1, 0.15) is 5.82 Å². The molecule has 5 nitrogen and oxygen atoms in total. The van der Waals surface area contributed by atoms with Gasteiger partial charge in [-0.3, -0.25) is 9.59 Å². The minimum absolute atomic E-state index is 0. The highest BCUT2D eigenvalue weighted by molar-refractivity contribution is 6.31. The first-order valence-electron chi connectivity index (χ1n) is 7.14. The van der Waals surface area contributed by atoms with Gasteiger partial charge < -0.3 is 15.1 Å². The summed E-state index contributed by atoms with van der Waals surface area (Å²) in [5.74, 6) is -0.949. The van der Waals surface area contributed by atoms with Gasteiger partial charge in [-0.05, 0) is 12.1 Å². The lowest BCUT2D eigenvalue weighted by atomic mass is 10.1. The maximum Gasteiger partial charge on any atom is 0.242 e. The number of amides is 2. The van der Waals surface area contributed by atoms with Gasteiger partial charge in [-0.15, -0.1) is 12.4 Å². The Hall–Kier alpha value is -1.37. The van der Waals surface area contributed by atoms with E-state index in [0.717, 1.165) is 13.1 Å².